The first kappa shape index (κ1) is 33.0. The molecule has 2 aromatic heterocycles. The van der Waals surface area contributed by atoms with E-state index in [1.165, 1.54) is 18.9 Å². The molecule has 12 heteroatoms. The normalized spacial score (nSPS) is 16.2. The van der Waals surface area contributed by atoms with Crippen molar-refractivity contribution >= 4 is 23.6 Å². The lowest BCUT2D eigenvalue weighted by atomic mass is 9.90. The zero-order chi connectivity index (χ0) is 33.7. The highest BCUT2D eigenvalue weighted by Crippen LogP contribution is 2.37. The first-order chi connectivity index (χ1) is 23.2. The fourth-order valence-electron chi connectivity index (χ4n) is 6.34. The van der Waals surface area contributed by atoms with Crippen molar-refractivity contribution in [3.05, 3.63) is 101 Å². The minimum absolute atomic E-state index is 0.174. The van der Waals surface area contributed by atoms with Crippen LogP contribution in [0.4, 0.5) is 25.0 Å². The van der Waals surface area contributed by atoms with Crippen LogP contribution in [0.15, 0.2) is 77.3 Å². The summed E-state index contributed by atoms with van der Waals surface area (Å²) in [6, 6.07) is 20.3. The molecule has 0 unspecified atom stereocenters. The lowest BCUT2D eigenvalue weighted by Crippen LogP contribution is -2.36. The highest BCUT2D eigenvalue weighted by Gasteiger charge is 2.42. The number of benzene rings is 2. The smallest absolute Gasteiger partial charge is 0.437 e. The first-order valence-electron chi connectivity index (χ1n) is 16.1. The van der Waals surface area contributed by atoms with E-state index < -0.39 is 29.4 Å². The van der Waals surface area contributed by atoms with Crippen LogP contribution in [-0.2, 0) is 17.3 Å². The summed E-state index contributed by atoms with van der Waals surface area (Å²) in [7, 11) is 1.33. The van der Waals surface area contributed by atoms with Gasteiger partial charge in [-0.15, -0.1) is 0 Å². The Hall–Kier alpha value is -4.87. The lowest BCUT2D eigenvalue weighted by Gasteiger charge is -2.32. The summed E-state index contributed by atoms with van der Waals surface area (Å²) >= 11 is 0. The number of carbonyl (C=O) groups excluding carboxylic acids is 2. The Morgan fingerprint density at radius 2 is 1.58 bits per heavy atom. The second-order valence-electron chi connectivity index (χ2n) is 12.2. The number of rotatable bonds is 10. The van der Waals surface area contributed by atoms with Gasteiger partial charge < -0.3 is 23.7 Å². The highest BCUT2D eigenvalue weighted by molar-refractivity contribution is 5.96. The Balaban J connectivity index is 1.03. The minimum Gasteiger partial charge on any atom is -0.492 e. The van der Waals surface area contributed by atoms with Gasteiger partial charge in [0.05, 0.1) is 13.7 Å². The monoisotopic (exact) mass is 662 g/mol. The number of nitrogens with zero attached hydrogens (tertiary/aromatic N) is 4. The van der Waals surface area contributed by atoms with E-state index in [2.05, 4.69) is 27.0 Å². The number of halogens is 3. The van der Waals surface area contributed by atoms with Gasteiger partial charge in [-0.1, -0.05) is 48.5 Å². The van der Waals surface area contributed by atoms with E-state index >= 15 is 0 Å². The van der Waals surface area contributed by atoms with Gasteiger partial charge in [-0.2, -0.15) is 18.2 Å². The summed E-state index contributed by atoms with van der Waals surface area (Å²) in [5.41, 5.74) is 0.771. The molecule has 4 aromatic rings. The van der Waals surface area contributed by atoms with E-state index in [4.69, 9.17) is 13.9 Å². The molecule has 2 saturated heterocycles. The maximum absolute atomic E-state index is 14.0. The molecule has 9 nitrogen and oxygen atoms in total. The second-order valence-corrected chi connectivity index (χ2v) is 12.2. The van der Waals surface area contributed by atoms with Crippen molar-refractivity contribution in [1.82, 2.24) is 9.97 Å². The van der Waals surface area contributed by atoms with E-state index in [0.29, 0.717) is 42.5 Å². The predicted octanol–water partition coefficient (Wildman–Crippen LogP) is 6.98. The highest BCUT2D eigenvalue weighted by atomic mass is 19.4. The predicted molar refractivity (Wildman–Crippen MR) is 173 cm³/mol. The molecule has 0 radical (unpaired) electrons. The number of esters is 1. The van der Waals surface area contributed by atoms with Crippen LogP contribution >= 0.6 is 0 Å². The molecule has 0 spiro atoms. The van der Waals surface area contributed by atoms with E-state index in [-0.39, 0.29) is 18.4 Å². The number of piperidine rings is 2. The van der Waals surface area contributed by atoms with Gasteiger partial charge >= 0.3 is 12.1 Å². The molecule has 0 atom stereocenters. The van der Waals surface area contributed by atoms with Crippen LogP contribution < -0.4 is 14.5 Å². The molecule has 48 heavy (non-hydrogen) atoms. The van der Waals surface area contributed by atoms with Crippen molar-refractivity contribution in [1.29, 1.82) is 0 Å². The molecule has 2 aliphatic rings. The number of ketones is 1. The van der Waals surface area contributed by atoms with Crippen molar-refractivity contribution in [2.45, 2.75) is 44.2 Å². The minimum atomic E-state index is -4.83. The van der Waals surface area contributed by atoms with Gasteiger partial charge in [0.1, 0.15) is 17.1 Å². The van der Waals surface area contributed by atoms with E-state index in [9.17, 15) is 22.8 Å². The average Bonchev–Trinajstić information content (AvgIpc) is 3.59. The number of Topliss-reactive ketones (excluding diaryl/α,β-unsaturated/α-hetero) is 1. The fraction of sp³-hybridized carbons (Fsp3) is 0.389. The Bertz CT molecular complexity index is 1690. The first-order valence-corrected chi connectivity index (χ1v) is 16.1. The van der Waals surface area contributed by atoms with E-state index in [1.54, 1.807) is 35.2 Å². The van der Waals surface area contributed by atoms with Gasteiger partial charge in [0.2, 0.25) is 11.5 Å². The summed E-state index contributed by atoms with van der Waals surface area (Å²) in [5.74, 6) is -0.218. The number of alkyl halides is 3. The third-order valence-electron chi connectivity index (χ3n) is 9.05. The number of hydrogen-bond donors (Lipinski definition) is 0. The van der Waals surface area contributed by atoms with Crippen LogP contribution in [0.3, 0.4) is 0 Å². The fourth-order valence-corrected chi connectivity index (χ4v) is 6.34. The lowest BCUT2D eigenvalue weighted by molar-refractivity contribution is -0.141. The molecule has 0 saturated carbocycles. The van der Waals surface area contributed by atoms with Gasteiger partial charge in [-0.05, 0) is 66.8 Å². The number of oxazole rings is 1. The second kappa shape index (κ2) is 14.5. The number of anilines is 2. The maximum Gasteiger partial charge on any atom is 0.437 e. The van der Waals surface area contributed by atoms with Crippen molar-refractivity contribution in [3.8, 4) is 5.75 Å². The molecule has 0 amide bonds. The number of aromatic nitrogens is 2. The Labute approximate surface area is 276 Å². The van der Waals surface area contributed by atoms with Crippen LogP contribution in [0.25, 0.3) is 0 Å². The number of pyridine rings is 1. The summed E-state index contributed by atoms with van der Waals surface area (Å²) in [4.78, 5) is 37.2. The van der Waals surface area contributed by atoms with Crippen molar-refractivity contribution in [2.75, 3.05) is 49.7 Å². The van der Waals surface area contributed by atoms with Crippen molar-refractivity contribution in [2.24, 2.45) is 5.92 Å². The molecule has 252 valence electrons. The van der Waals surface area contributed by atoms with Gasteiger partial charge in [0.15, 0.2) is 5.69 Å². The van der Waals surface area contributed by atoms with Gasteiger partial charge in [0.25, 0.3) is 6.01 Å². The van der Waals surface area contributed by atoms with E-state index in [1.807, 2.05) is 24.3 Å². The zero-order valence-electron chi connectivity index (χ0n) is 26.6. The molecule has 0 aliphatic carbocycles. The number of hydrogen-bond acceptors (Lipinski definition) is 9. The number of ether oxygens (including phenoxy) is 2. The standard InChI is InChI=1S/C36H37F3N4O5/c1-46-34(45)28-9-5-6-10-30(28)47-23-24-13-17-42(18-14-24)31-12-11-25(22-40-31)21-29(44)32-33(36(37,38)39)41-35(48-32)43-19-15-27(16-20-43)26-7-3-2-4-8-26/h2-12,22,24,27H,13-21,23H2,1H3. The number of carbonyl (C=O) groups is 2. The topological polar surface area (TPSA) is 98.0 Å². The summed E-state index contributed by atoms with van der Waals surface area (Å²) in [5, 5.41) is 0. The molecule has 6 rings (SSSR count). The van der Waals surface area contributed by atoms with Gasteiger partial charge in [-0.25, -0.2) is 9.78 Å². The maximum atomic E-state index is 14.0. The van der Waals surface area contributed by atoms with Crippen LogP contribution in [0.5, 0.6) is 5.75 Å². The van der Waals surface area contributed by atoms with Crippen LogP contribution in [-0.4, -0.2) is 61.6 Å². The Kier molecular flexibility index (Phi) is 9.98. The molecule has 2 aliphatic heterocycles. The molecule has 0 N–H and O–H groups in total. The molecule has 0 bridgehead atoms. The third kappa shape index (κ3) is 7.64. The van der Waals surface area contributed by atoms with Crippen LogP contribution in [0.1, 0.15) is 69.3 Å². The Morgan fingerprint density at radius 3 is 2.25 bits per heavy atom. The number of methoxy groups -OCH3 is 1. The van der Waals surface area contributed by atoms with Crippen molar-refractivity contribution < 1.29 is 36.7 Å². The van der Waals surface area contributed by atoms with Crippen molar-refractivity contribution in [3.63, 3.8) is 0 Å². The van der Waals surface area contributed by atoms with Crippen LogP contribution in [0, 0.1) is 5.92 Å². The number of para-hydroxylation sites is 1. The largest absolute Gasteiger partial charge is 0.492 e. The average molecular weight is 663 g/mol. The third-order valence-corrected chi connectivity index (χ3v) is 9.05. The van der Waals surface area contributed by atoms with E-state index in [0.717, 1.165) is 44.6 Å². The quantitative estimate of drug-likeness (QED) is 0.132. The summed E-state index contributed by atoms with van der Waals surface area (Å²) in [6.45, 7) is 2.88. The van der Waals surface area contributed by atoms with Gasteiger partial charge in [-0.3, -0.25) is 4.79 Å². The zero-order valence-corrected chi connectivity index (χ0v) is 26.6. The molecule has 4 heterocycles. The molecule has 2 fully saturated rings. The summed E-state index contributed by atoms with van der Waals surface area (Å²) in [6.07, 6.45) is -0.434. The molecular weight excluding hydrogens is 625 g/mol. The Morgan fingerprint density at radius 1 is 0.896 bits per heavy atom. The van der Waals surface area contributed by atoms with Crippen LogP contribution in [0.2, 0.25) is 0 Å². The molecular formula is C36H37F3N4O5. The molecule has 2 aromatic carbocycles. The SMILES string of the molecule is COC(=O)c1ccccc1OCC1CCN(c2ccc(CC(=O)c3oc(N4CCC(c5ccccc5)CC4)nc3C(F)(F)F)cn2)CC1. The summed E-state index contributed by atoms with van der Waals surface area (Å²) < 4.78 is 58.2. The van der Waals surface area contributed by atoms with Gasteiger partial charge in [0, 0.05) is 38.8 Å².